The lowest BCUT2D eigenvalue weighted by Gasteiger charge is -2.33. The maximum absolute atomic E-state index is 5.13. The summed E-state index contributed by atoms with van der Waals surface area (Å²) < 4.78 is 5.13. The maximum atomic E-state index is 5.13. The Hall–Kier alpha value is -0.650. The molecule has 2 rings (SSSR count). The number of halogens is 1. The minimum Gasteiger partial charge on any atom is -0.385 e. The summed E-state index contributed by atoms with van der Waals surface area (Å²) in [6, 6.07) is 0.484. The summed E-state index contributed by atoms with van der Waals surface area (Å²) in [5, 5.41) is 10.0. The summed E-state index contributed by atoms with van der Waals surface area (Å²) in [7, 11) is 7.61. The number of aromatic nitrogens is 1. The molecule has 0 radical (unpaired) electrons. The molecule has 1 aliphatic rings. The van der Waals surface area contributed by atoms with Gasteiger partial charge in [-0.15, -0.1) is 35.3 Å². The van der Waals surface area contributed by atoms with Gasteiger partial charge in [-0.1, -0.05) is 0 Å². The molecule has 0 atom stereocenters. The van der Waals surface area contributed by atoms with Gasteiger partial charge in [-0.3, -0.25) is 4.99 Å². The van der Waals surface area contributed by atoms with Crippen LogP contribution in [0.3, 0.4) is 0 Å². The molecule has 1 aromatic rings. The van der Waals surface area contributed by atoms with Gasteiger partial charge in [0.1, 0.15) is 0 Å². The molecular weight excluding hydrogens is 463 g/mol. The molecule has 0 saturated carbocycles. The minimum atomic E-state index is 0. The van der Waals surface area contributed by atoms with Gasteiger partial charge in [0, 0.05) is 65.9 Å². The van der Waals surface area contributed by atoms with Crippen LogP contribution in [0.25, 0.3) is 0 Å². The van der Waals surface area contributed by atoms with Crippen molar-refractivity contribution in [3.05, 3.63) is 11.1 Å². The third-order valence-corrected chi connectivity index (χ3v) is 5.39. The average molecular weight is 496 g/mol. The average Bonchev–Trinajstić information content (AvgIpc) is 3.09. The molecule has 0 aliphatic carbocycles. The standard InChI is InChI=1S/C17H32N6OS.HI/c1-18-16(19-12-15-13-25-17(21-15)22(2)3)20-14-6-9-23(10-7-14)8-5-11-24-4;/h13-14H,5-12H2,1-4H3,(H2,18,19,20);1H. The third-order valence-electron chi connectivity index (χ3n) is 4.33. The smallest absolute Gasteiger partial charge is 0.191 e. The van der Waals surface area contributed by atoms with E-state index >= 15 is 0 Å². The number of aliphatic imine (C=N–C) groups is 1. The van der Waals surface area contributed by atoms with Crippen LogP contribution in [-0.2, 0) is 11.3 Å². The highest BCUT2D eigenvalue weighted by Crippen LogP contribution is 2.17. The SMILES string of the molecule is CN=C(NCc1csc(N(C)C)n1)NC1CCN(CCCOC)CC1.I. The number of nitrogens with zero attached hydrogens (tertiary/aromatic N) is 4. The van der Waals surface area contributed by atoms with Gasteiger partial charge < -0.3 is 25.2 Å². The predicted octanol–water partition coefficient (Wildman–Crippen LogP) is 1.99. The summed E-state index contributed by atoms with van der Waals surface area (Å²) >= 11 is 1.66. The summed E-state index contributed by atoms with van der Waals surface area (Å²) in [5.74, 6) is 0.859. The van der Waals surface area contributed by atoms with Crippen LogP contribution in [0.4, 0.5) is 5.13 Å². The summed E-state index contributed by atoms with van der Waals surface area (Å²) in [5.41, 5.74) is 1.05. The van der Waals surface area contributed by atoms with Crippen LogP contribution in [-0.4, -0.2) is 76.4 Å². The lowest BCUT2D eigenvalue weighted by Crippen LogP contribution is -2.48. The van der Waals surface area contributed by atoms with Gasteiger partial charge in [-0.2, -0.15) is 0 Å². The van der Waals surface area contributed by atoms with Gasteiger partial charge in [0.2, 0.25) is 0 Å². The number of thiazole rings is 1. The highest BCUT2D eigenvalue weighted by Gasteiger charge is 2.19. The first kappa shape index (κ1) is 23.4. The van der Waals surface area contributed by atoms with Crippen molar-refractivity contribution in [1.29, 1.82) is 0 Å². The number of rotatable bonds is 8. The second kappa shape index (κ2) is 12.7. The van der Waals surface area contributed by atoms with Gasteiger partial charge in [0.15, 0.2) is 11.1 Å². The number of guanidine groups is 1. The van der Waals surface area contributed by atoms with Crippen molar-refractivity contribution in [3.8, 4) is 0 Å². The van der Waals surface area contributed by atoms with Crippen LogP contribution in [0.1, 0.15) is 25.0 Å². The molecule has 1 aromatic heterocycles. The van der Waals surface area contributed by atoms with Crippen molar-refractivity contribution in [2.24, 2.45) is 4.99 Å². The molecule has 0 unspecified atom stereocenters. The molecule has 150 valence electrons. The Balaban J connectivity index is 0.00000338. The maximum Gasteiger partial charge on any atom is 0.191 e. The van der Waals surface area contributed by atoms with Crippen molar-refractivity contribution in [3.63, 3.8) is 0 Å². The molecule has 1 aliphatic heterocycles. The minimum absolute atomic E-state index is 0. The lowest BCUT2D eigenvalue weighted by molar-refractivity contribution is 0.155. The van der Waals surface area contributed by atoms with Crippen LogP contribution in [0.5, 0.6) is 0 Å². The number of likely N-dealkylation sites (tertiary alicyclic amines) is 1. The Morgan fingerprint density at radius 3 is 2.73 bits per heavy atom. The third kappa shape index (κ3) is 7.93. The van der Waals surface area contributed by atoms with Crippen molar-refractivity contribution in [2.45, 2.75) is 31.8 Å². The Morgan fingerprint density at radius 1 is 1.42 bits per heavy atom. The van der Waals surface area contributed by atoms with Gasteiger partial charge in [-0.25, -0.2) is 4.98 Å². The van der Waals surface area contributed by atoms with Crippen molar-refractivity contribution >= 4 is 46.4 Å². The van der Waals surface area contributed by atoms with E-state index in [9.17, 15) is 0 Å². The molecule has 1 fully saturated rings. The Bertz CT molecular complexity index is 531. The van der Waals surface area contributed by atoms with Crippen molar-refractivity contribution in [1.82, 2.24) is 20.5 Å². The molecule has 2 heterocycles. The van der Waals surface area contributed by atoms with Crippen LogP contribution in [0.15, 0.2) is 10.4 Å². The van der Waals surface area contributed by atoms with E-state index in [0.29, 0.717) is 12.6 Å². The Labute approximate surface area is 178 Å². The molecule has 1 saturated heterocycles. The number of nitrogens with one attached hydrogen (secondary N) is 2. The molecule has 9 heteroatoms. The molecule has 2 N–H and O–H groups in total. The first-order valence-electron chi connectivity index (χ1n) is 8.92. The zero-order valence-electron chi connectivity index (χ0n) is 16.3. The quantitative estimate of drug-likeness (QED) is 0.249. The molecule has 0 amide bonds. The van der Waals surface area contributed by atoms with E-state index in [1.54, 1.807) is 18.4 Å². The normalized spacial score (nSPS) is 16.2. The highest BCUT2D eigenvalue weighted by molar-refractivity contribution is 14.0. The topological polar surface area (TPSA) is 65.0 Å². The van der Waals surface area contributed by atoms with Crippen LogP contribution in [0, 0.1) is 0 Å². The predicted molar refractivity (Wildman–Crippen MR) is 121 cm³/mol. The summed E-state index contributed by atoms with van der Waals surface area (Å²) in [6.45, 7) is 4.94. The largest absolute Gasteiger partial charge is 0.385 e. The molecule has 26 heavy (non-hydrogen) atoms. The second-order valence-corrected chi connectivity index (χ2v) is 7.38. The monoisotopic (exact) mass is 496 g/mol. The second-order valence-electron chi connectivity index (χ2n) is 6.55. The number of piperidine rings is 1. The Kier molecular flexibility index (Phi) is 11.4. The van der Waals surface area contributed by atoms with E-state index in [4.69, 9.17) is 4.74 Å². The van der Waals surface area contributed by atoms with E-state index in [1.807, 2.05) is 26.0 Å². The first-order chi connectivity index (χ1) is 12.1. The molecule has 0 bridgehead atoms. The zero-order valence-corrected chi connectivity index (χ0v) is 19.5. The van der Waals surface area contributed by atoms with Gasteiger partial charge in [0.05, 0.1) is 12.2 Å². The van der Waals surface area contributed by atoms with E-state index in [1.165, 1.54) is 0 Å². The molecular formula is C17H33IN6OS. The molecule has 0 spiro atoms. The number of anilines is 1. The van der Waals surface area contributed by atoms with Crippen LogP contribution < -0.4 is 15.5 Å². The fourth-order valence-electron chi connectivity index (χ4n) is 2.88. The fraction of sp³-hybridized carbons (Fsp3) is 0.765. The number of methoxy groups -OCH3 is 1. The highest BCUT2D eigenvalue weighted by atomic mass is 127. The van der Waals surface area contributed by atoms with E-state index in [-0.39, 0.29) is 24.0 Å². The summed E-state index contributed by atoms with van der Waals surface area (Å²) in [4.78, 5) is 13.5. The van der Waals surface area contributed by atoms with Gasteiger partial charge in [-0.05, 0) is 19.3 Å². The number of hydrogen-bond acceptors (Lipinski definition) is 6. The van der Waals surface area contributed by atoms with Crippen molar-refractivity contribution in [2.75, 3.05) is 59.4 Å². The number of hydrogen-bond donors (Lipinski definition) is 2. The van der Waals surface area contributed by atoms with Crippen LogP contribution in [0.2, 0.25) is 0 Å². The van der Waals surface area contributed by atoms with Gasteiger partial charge >= 0.3 is 0 Å². The molecule has 7 nitrogen and oxygen atoms in total. The van der Waals surface area contributed by atoms with Crippen molar-refractivity contribution < 1.29 is 4.74 Å². The van der Waals surface area contributed by atoms with E-state index < -0.39 is 0 Å². The number of ether oxygens (including phenoxy) is 1. The Morgan fingerprint density at radius 2 is 2.15 bits per heavy atom. The van der Waals surface area contributed by atoms with E-state index in [2.05, 4.69) is 30.9 Å². The lowest BCUT2D eigenvalue weighted by atomic mass is 10.1. The zero-order chi connectivity index (χ0) is 18.1. The molecule has 0 aromatic carbocycles. The first-order valence-corrected chi connectivity index (χ1v) is 9.80. The summed E-state index contributed by atoms with van der Waals surface area (Å²) in [6.07, 6.45) is 3.41. The van der Waals surface area contributed by atoms with Crippen LogP contribution >= 0.6 is 35.3 Å². The fourth-order valence-corrected chi connectivity index (χ4v) is 3.64. The van der Waals surface area contributed by atoms with E-state index in [0.717, 1.165) is 62.3 Å². The van der Waals surface area contributed by atoms with Gasteiger partial charge in [0.25, 0.3) is 0 Å².